The van der Waals surface area contributed by atoms with Crippen LogP contribution in [0, 0.1) is 30.9 Å². The SMILES string of the molecule is Cc1cc(C(=O)N2CCN(c3cccc(C)c3C)CC2)ccc1[N+](=O)[O-]. The number of anilines is 1. The van der Waals surface area contributed by atoms with Crippen molar-refractivity contribution in [3.63, 3.8) is 0 Å². The number of benzene rings is 2. The van der Waals surface area contributed by atoms with Crippen LogP contribution >= 0.6 is 0 Å². The first-order valence-electron chi connectivity index (χ1n) is 8.74. The van der Waals surface area contributed by atoms with Gasteiger partial charge in [0.25, 0.3) is 11.6 Å². The Morgan fingerprint density at radius 1 is 1.00 bits per heavy atom. The molecule has 1 fully saturated rings. The number of carbonyl (C=O) groups excluding carboxylic acids is 1. The van der Waals surface area contributed by atoms with Crippen LogP contribution in [0.1, 0.15) is 27.0 Å². The Morgan fingerprint density at radius 2 is 1.69 bits per heavy atom. The zero-order chi connectivity index (χ0) is 18.8. The molecular weight excluding hydrogens is 330 g/mol. The first-order valence-corrected chi connectivity index (χ1v) is 8.74. The minimum atomic E-state index is -0.424. The van der Waals surface area contributed by atoms with Crippen molar-refractivity contribution in [2.45, 2.75) is 20.8 Å². The zero-order valence-corrected chi connectivity index (χ0v) is 15.4. The van der Waals surface area contributed by atoms with Gasteiger partial charge < -0.3 is 9.80 Å². The highest BCUT2D eigenvalue weighted by Gasteiger charge is 2.24. The maximum atomic E-state index is 12.7. The maximum Gasteiger partial charge on any atom is 0.272 e. The van der Waals surface area contributed by atoms with Crippen molar-refractivity contribution in [2.24, 2.45) is 0 Å². The Morgan fingerprint density at radius 3 is 2.31 bits per heavy atom. The van der Waals surface area contributed by atoms with Crippen molar-refractivity contribution in [1.29, 1.82) is 0 Å². The number of carbonyl (C=O) groups is 1. The van der Waals surface area contributed by atoms with Crippen molar-refractivity contribution >= 4 is 17.3 Å². The zero-order valence-electron chi connectivity index (χ0n) is 15.4. The van der Waals surface area contributed by atoms with Crippen molar-refractivity contribution in [2.75, 3.05) is 31.1 Å². The van der Waals surface area contributed by atoms with Crippen LogP contribution < -0.4 is 4.90 Å². The molecule has 1 saturated heterocycles. The predicted molar refractivity (Wildman–Crippen MR) is 102 cm³/mol. The molecule has 136 valence electrons. The summed E-state index contributed by atoms with van der Waals surface area (Å²) >= 11 is 0. The average Bonchev–Trinajstić information content (AvgIpc) is 2.63. The highest BCUT2D eigenvalue weighted by atomic mass is 16.6. The molecule has 1 aliphatic heterocycles. The van der Waals surface area contributed by atoms with E-state index in [1.54, 1.807) is 19.1 Å². The molecule has 0 radical (unpaired) electrons. The van der Waals surface area contributed by atoms with Gasteiger partial charge >= 0.3 is 0 Å². The lowest BCUT2D eigenvalue weighted by Crippen LogP contribution is -2.49. The van der Waals surface area contributed by atoms with E-state index >= 15 is 0 Å². The summed E-state index contributed by atoms with van der Waals surface area (Å²) in [5, 5.41) is 10.9. The number of nitrogens with zero attached hydrogens (tertiary/aromatic N) is 3. The van der Waals surface area contributed by atoms with Gasteiger partial charge in [-0.25, -0.2) is 0 Å². The fourth-order valence-corrected chi connectivity index (χ4v) is 3.40. The van der Waals surface area contributed by atoms with E-state index in [4.69, 9.17) is 0 Å². The number of hydrogen-bond acceptors (Lipinski definition) is 4. The van der Waals surface area contributed by atoms with Crippen molar-refractivity contribution in [3.05, 3.63) is 68.8 Å². The van der Waals surface area contributed by atoms with Gasteiger partial charge in [0.05, 0.1) is 4.92 Å². The number of nitro benzene ring substituents is 1. The second kappa shape index (κ2) is 7.15. The third kappa shape index (κ3) is 3.40. The number of nitro groups is 1. The van der Waals surface area contributed by atoms with E-state index in [2.05, 4.69) is 36.9 Å². The van der Waals surface area contributed by atoms with Crippen LogP contribution in [0.15, 0.2) is 36.4 Å². The van der Waals surface area contributed by atoms with Crippen LogP contribution in [0.3, 0.4) is 0 Å². The third-order valence-corrected chi connectivity index (χ3v) is 5.12. The van der Waals surface area contributed by atoms with Gasteiger partial charge in [0.15, 0.2) is 0 Å². The standard InChI is InChI=1S/C20H23N3O3/c1-14-5-4-6-19(16(14)3)21-9-11-22(12-10-21)20(24)17-7-8-18(23(25)26)15(2)13-17/h4-8,13H,9-12H2,1-3H3. The van der Waals surface area contributed by atoms with Crippen LogP contribution in [0.2, 0.25) is 0 Å². The van der Waals surface area contributed by atoms with Crippen molar-refractivity contribution < 1.29 is 9.72 Å². The van der Waals surface area contributed by atoms with Crippen LogP contribution in [-0.2, 0) is 0 Å². The number of hydrogen-bond donors (Lipinski definition) is 0. The fraction of sp³-hybridized carbons (Fsp3) is 0.350. The summed E-state index contributed by atoms with van der Waals surface area (Å²) in [5.41, 5.74) is 4.83. The minimum Gasteiger partial charge on any atom is -0.368 e. The Balaban J connectivity index is 1.70. The molecule has 1 heterocycles. The molecule has 26 heavy (non-hydrogen) atoms. The van der Waals surface area contributed by atoms with Gasteiger partial charge in [0.1, 0.15) is 0 Å². The summed E-state index contributed by atoms with van der Waals surface area (Å²) in [6.45, 7) is 8.74. The largest absolute Gasteiger partial charge is 0.368 e. The molecule has 0 saturated carbocycles. The Labute approximate surface area is 153 Å². The van der Waals surface area contributed by atoms with Crippen LogP contribution in [0.5, 0.6) is 0 Å². The number of piperazine rings is 1. The van der Waals surface area contributed by atoms with Crippen molar-refractivity contribution in [1.82, 2.24) is 4.90 Å². The normalized spacial score (nSPS) is 14.4. The lowest BCUT2D eigenvalue weighted by atomic mass is 10.1. The molecule has 0 atom stereocenters. The molecule has 3 rings (SSSR count). The van der Waals surface area contributed by atoms with Gasteiger partial charge in [-0.2, -0.15) is 0 Å². The molecule has 0 aromatic heterocycles. The van der Waals surface area contributed by atoms with Gasteiger partial charge in [-0.1, -0.05) is 12.1 Å². The third-order valence-electron chi connectivity index (χ3n) is 5.12. The highest BCUT2D eigenvalue weighted by molar-refractivity contribution is 5.95. The van der Waals surface area contributed by atoms with Gasteiger partial charge in [-0.15, -0.1) is 0 Å². The average molecular weight is 353 g/mol. The van der Waals surface area contributed by atoms with E-state index < -0.39 is 4.92 Å². The minimum absolute atomic E-state index is 0.0429. The summed E-state index contributed by atoms with van der Waals surface area (Å²) in [5.74, 6) is -0.0661. The topological polar surface area (TPSA) is 66.7 Å². The van der Waals surface area contributed by atoms with Crippen molar-refractivity contribution in [3.8, 4) is 0 Å². The highest BCUT2D eigenvalue weighted by Crippen LogP contribution is 2.25. The fourth-order valence-electron chi connectivity index (χ4n) is 3.40. The molecule has 2 aromatic carbocycles. The van der Waals surface area contributed by atoms with Crippen LogP contribution in [0.25, 0.3) is 0 Å². The monoisotopic (exact) mass is 353 g/mol. The molecule has 0 N–H and O–H groups in total. The molecule has 0 unspecified atom stereocenters. The predicted octanol–water partition coefficient (Wildman–Crippen LogP) is 3.48. The summed E-state index contributed by atoms with van der Waals surface area (Å²) in [6, 6.07) is 10.9. The Bertz CT molecular complexity index is 855. The summed E-state index contributed by atoms with van der Waals surface area (Å²) in [6.07, 6.45) is 0. The van der Waals surface area contributed by atoms with E-state index in [0.717, 1.165) is 13.1 Å². The van der Waals surface area contributed by atoms with E-state index in [1.807, 2.05) is 4.90 Å². The van der Waals surface area contributed by atoms with Gasteiger partial charge in [-0.3, -0.25) is 14.9 Å². The van der Waals surface area contributed by atoms with E-state index in [1.165, 1.54) is 22.9 Å². The molecule has 0 spiro atoms. The second-order valence-corrected chi connectivity index (χ2v) is 6.76. The Kier molecular flexibility index (Phi) is 4.93. The second-order valence-electron chi connectivity index (χ2n) is 6.76. The van der Waals surface area contributed by atoms with E-state index in [9.17, 15) is 14.9 Å². The van der Waals surface area contributed by atoms with Crippen LogP contribution in [0.4, 0.5) is 11.4 Å². The molecule has 6 heteroatoms. The molecule has 1 amide bonds. The van der Waals surface area contributed by atoms with Gasteiger partial charge in [0.2, 0.25) is 0 Å². The summed E-state index contributed by atoms with van der Waals surface area (Å²) in [7, 11) is 0. The van der Waals surface area contributed by atoms with Gasteiger partial charge in [-0.05, 0) is 50.1 Å². The summed E-state index contributed by atoms with van der Waals surface area (Å²) < 4.78 is 0. The summed E-state index contributed by atoms with van der Waals surface area (Å²) in [4.78, 5) is 27.4. The first-order chi connectivity index (χ1) is 12.4. The molecule has 2 aromatic rings. The number of amides is 1. The lowest BCUT2D eigenvalue weighted by molar-refractivity contribution is -0.385. The lowest BCUT2D eigenvalue weighted by Gasteiger charge is -2.37. The van der Waals surface area contributed by atoms with Crippen LogP contribution in [-0.4, -0.2) is 41.9 Å². The molecule has 0 bridgehead atoms. The number of aryl methyl sites for hydroxylation is 2. The smallest absolute Gasteiger partial charge is 0.272 e. The van der Waals surface area contributed by atoms with Gasteiger partial charge in [0, 0.05) is 49.1 Å². The maximum absolute atomic E-state index is 12.7. The van der Waals surface area contributed by atoms with E-state index in [-0.39, 0.29) is 11.6 Å². The molecule has 0 aliphatic carbocycles. The quantitative estimate of drug-likeness (QED) is 0.626. The number of rotatable bonds is 3. The molecule has 1 aliphatic rings. The first kappa shape index (κ1) is 17.9. The Hall–Kier alpha value is -2.89. The van der Waals surface area contributed by atoms with E-state index in [0.29, 0.717) is 24.2 Å². The molecule has 6 nitrogen and oxygen atoms in total. The molecular formula is C20H23N3O3.